The Morgan fingerprint density at radius 2 is 1.62 bits per heavy atom. The molecule has 1 amide bonds. The number of nitrogens with zero attached hydrogens (tertiary/aromatic N) is 4. The van der Waals surface area contributed by atoms with Gasteiger partial charge < -0.3 is 4.74 Å². The first-order valence-corrected chi connectivity index (χ1v) is 10.4. The Labute approximate surface area is 186 Å². The lowest BCUT2D eigenvalue weighted by molar-refractivity contribution is 0.0685. The number of benzene rings is 2. The van der Waals surface area contributed by atoms with E-state index in [0.717, 1.165) is 33.8 Å². The van der Waals surface area contributed by atoms with Gasteiger partial charge in [0.1, 0.15) is 11.6 Å². The van der Waals surface area contributed by atoms with E-state index in [0.29, 0.717) is 0 Å². The van der Waals surface area contributed by atoms with Gasteiger partial charge in [-0.05, 0) is 49.7 Å². The van der Waals surface area contributed by atoms with Crippen molar-refractivity contribution < 1.29 is 9.53 Å². The Kier molecular flexibility index (Phi) is 4.90. The average Bonchev–Trinajstić information content (AvgIpc) is 3.08. The molecule has 0 saturated carbocycles. The molecule has 1 aliphatic rings. The highest BCUT2D eigenvalue weighted by Crippen LogP contribution is 2.43. The van der Waals surface area contributed by atoms with Gasteiger partial charge >= 0.3 is 6.09 Å². The van der Waals surface area contributed by atoms with E-state index in [-0.39, 0.29) is 12.1 Å². The quantitative estimate of drug-likeness (QED) is 0.423. The highest BCUT2D eigenvalue weighted by atomic mass is 16.6. The minimum Gasteiger partial charge on any atom is -0.441 e. The number of hydrogen-bond acceptors (Lipinski definition) is 5. The van der Waals surface area contributed by atoms with Crippen LogP contribution in [0.15, 0.2) is 91.3 Å². The number of rotatable bonds is 4. The summed E-state index contributed by atoms with van der Waals surface area (Å²) in [6.07, 6.45) is 3.10. The lowest BCUT2D eigenvalue weighted by Crippen LogP contribution is -2.33. The molecule has 32 heavy (non-hydrogen) atoms. The van der Waals surface area contributed by atoms with Crippen LogP contribution in [-0.4, -0.2) is 26.9 Å². The molecule has 1 atom stereocenters. The molecule has 5 rings (SSSR count). The van der Waals surface area contributed by atoms with E-state index < -0.39 is 5.60 Å². The molecule has 4 aromatic rings. The predicted molar refractivity (Wildman–Crippen MR) is 123 cm³/mol. The van der Waals surface area contributed by atoms with Crippen molar-refractivity contribution >= 4 is 11.8 Å². The van der Waals surface area contributed by atoms with Gasteiger partial charge in [-0.2, -0.15) is 10.2 Å². The Hall–Kier alpha value is -4.06. The lowest BCUT2D eigenvalue weighted by Gasteiger charge is -2.29. The summed E-state index contributed by atoms with van der Waals surface area (Å²) in [4.78, 5) is 18.9. The molecule has 1 saturated heterocycles. The highest BCUT2D eigenvalue weighted by Gasteiger charge is 2.49. The molecule has 3 heterocycles. The molecule has 0 radical (unpaired) electrons. The van der Waals surface area contributed by atoms with Crippen molar-refractivity contribution in [2.24, 2.45) is 0 Å². The topological polar surface area (TPSA) is 68.2 Å². The molecule has 6 nitrogen and oxygen atoms in total. The normalized spacial score (nSPS) is 17.2. The summed E-state index contributed by atoms with van der Waals surface area (Å²) in [6.45, 7) is 3.88. The fraction of sp³-hybridized carbons (Fsp3) is 0.154. The van der Waals surface area contributed by atoms with Crippen LogP contribution in [0.2, 0.25) is 0 Å². The van der Waals surface area contributed by atoms with Crippen molar-refractivity contribution in [1.82, 2.24) is 15.2 Å². The SMILES string of the molecule is CC1(C)OC(=O)N(c2ccc(-c3cc(-c4ccccn4)cnn3)cc2)C1c1ccccc1. The van der Waals surface area contributed by atoms with Crippen LogP contribution < -0.4 is 4.90 Å². The average molecular weight is 422 g/mol. The molecule has 2 aromatic heterocycles. The molecule has 0 spiro atoms. The van der Waals surface area contributed by atoms with Crippen LogP contribution in [0.3, 0.4) is 0 Å². The molecule has 0 N–H and O–H groups in total. The number of aromatic nitrogens is 3. The smallest absolute Gasteiger partial charge is 0.415 e. The second-order valence-corrected chi connectivity index (χ2v) is 8.25. The number of cyclic esters (lactones) is 1. The van der Waals surface area contributed by atoms with Gasteiger partial charge in [-0.25, -0.2) is 4.79 Å². The second kappa shape index (κ2) is 7.89. The second-order valence-electron chi connectivity index (χ2n) is 8.25. The van der Waals surface area contributed by atoms with Gasteiger partial charge in [-0.3, -0.25) is 9.88 Å². The van der Waals surface area contributed by atoms with E-state index in [1.807, 2.05) is 92.7 Å². The monoisotopic (exact) mass is 422 g/mol. The molecule has 0 bridgehead atoms. The molecular weight excluding hydrogens is 400 g/mol. The number of amides is 1. The molecular formula is C26H22N4O2. The van der Waals surface area contributed by atoms with Crippen LogP contribution in [-0.2, 0) is 4.74 Å². The molecule has 2 aromatic carbocycles. The minimum absolute atomic E-state index is 0.227. The summed E-state index contributed by atoms with van der Waals surface area (Å²) in [7, 11) is 0. The van der Waals surface area contributed by atoms with Gasteiger partial charge in [0, 0.05) is 23.0 Å². The summed E-state index contributed by atoms with van der Waals surface area (Å²) in [5.41, 5.74) is 4.53. The van der Waals surface area contributed by atoms with E-state index in [4.69, 9.17) is 4.74 Å². The van der Waals surface area contributed by atoms with Crippen molar-refractivity contribution in [1.29, 1.82) is 0 Å². The van der Waals surface area contributed by atoms with Crippen LogP contribution in [0.5, 0.6) is 0 Å². The van der Waals surface area contributed by atoms with E-state index in [2.05, 4.69) is 15.2 Å². The van der Waals surface area contributed by atoms with Gasteiger partial charge in [0.15, 0.2) is 0 Å². The maximum absolute atomic E-state index is 12.8. The van der Waals surface area contributed by atoms with Crippen LogP contribution in [0, 0.1) is 0 Å². The number of pyridine rings is 1. The van der Waals surface area contributed by atoms with Gasteiger partial charge in [0.2, 0.25) is 0 Å². The highest BCUT2D eigenvalue weighted by molar-refractivity contribution is 5.92. The fourth-order valence-corrected chi connectivity index (χ4v) is 4.16. The van der Waals surface area contributed by atoms with Gasteiger partial charge in [0.05, 0.1) is 17.6 Å². The third-order valence-electron chi connectivity index (χ3n) is 5.64. The zero-order valence-electron chi connectivity index (χ0n) is 17.8. The van der Waals surface area contributed by atoms with E-state index in [9.17, 15) is 4.79 Å². The molecule has 158 valence electrons. The summed E-state index contributed by atoms with van der Waals surface area (Å²) in [5, 5.41) is 8.43. The Bertz CT molecular complexity index is 1240. The summed E-state index contributed by atoms with van der Waals surface area (Å²) in [6, 6.07) is 25.2. The summed E-state index contributed by atoms with van der Waals surface area (Å²) in [5.74, 6) is 0. The molecule has 1 fully saturated rings. The summed E-state index contributed by atoms with van der Waals surface area (Å²) >= 11 is 0. The standard InChI is InChI=1S/C26H22N4O2/c1-26(2)24(19-8-4-3-5-9-19)30(25(31)32-26)21-13-11-18(12-14-21)23-16-20(17-28-29-23)22-10-6-7-15-27-22/h3-17,24H,1-2H3. The first kappa shape index (κ1) is 19.9. The number of carbonyl (C=O) groups excluding carboxylic acids is 1. The van der Waals surface area contributed by atoms with Crippen LogP contribution in [0.25, 0.3) is 22.5 Å². The largest absolute Gasteiger partial charge is 0.441 e. The maximum atomic E-state index is 12.8. The fourth-order valence-electron chi connectivity index (χ4n) is 4.16. The van der Waals surface area contributed by atoms with E-state index in [1.54, 1.807) is 17.3 Å². The zero-order valence-corrected chi connectivity index (χ0v) is 17.8. The van der Waals surface area contributed by atoms with E-state index >= 15 is 0 Å². The zero-order chi connectivity index (χ0) is 22.1. The third-order valence-corrected chi connectivity index (χ3v) is 5.64. The van der Waals surface area contributed by atoms with Crippen molar-refractivity contribution in [3.05, 3.63) is 96.8 Å². The Morgan fingerprint density at radius 1 is 0.875 bits per heavy atom. The summed E-state index contributed by atoms with van der Waals surface area (Å²) < 4.78 is 5.72. The maximum Gasteiger partial charge on any atom is 0.415 e. The predicted octanol–water partition coefficient (Wildman–Crippen LogP) is 5.68. The lowest BCUT2D eigenvalue weighted by atomic mass is 9.91. The van der Waals surface area contributed by atoms with Gasteiger partial charge in [-0.1, -0.05) is 48.5 Å². The van der Waals surface area contributed by atoms with Crippen molar-refractivity contribution in [3.63, 3.8) is 0 Å². The first-order valence-electron chi connectivity index (χ1n) is 10.4. The number of carbonyl (C=O) groups is 1. The first-order chi connectivity index (χ1) is 15.5. The van der Waals surface area contributed by atoms with Crippen LogP contribution in [0.4, 0.5) is 10.5 Å². The molecule has 6 heteroatoms. The third kappa shape index (κ3) is 3.60. The van der Waals surface area contributed by atoms with Crippen LogP contribution >= 0.6 is 0 Å². The molecule has 0 aliphatic carbocycles. The van der Waals surface area contributed by atoms with Crippen molar-refractivity contribution in [3.8, 4) is 22.5 Å². The van der Waals surface area contributed by atoms with Crippen molar-refractivity contribution in [2.75, 3.05) is 4.90 Å². The molecule has 1 aliphatic heterocycles. The van der Waals surface area contributed by atoms with Crippen LogP contribution in [0.1, 0.15) is 25.5 Å². The number of anilines is 1. The van der Waals surface area contributed by atoms with Gasteiger partial charge in [0.25, 0.3) is 0 Å². The van der Waals surface area contributed by atoms with Crippen molar-refractivity contribution in [2.45, 2.75) is 25.5 Å². The van der Waals surface area contributed by atoms with Gasteiger partial charge in [-0.15, -0.1) is 0 Å². The Morgan fingerprint density at radius 3 is 2.34 bits per heavy atom. The molecule has 1 unspecified atom stereocenters. The number of hydrogen-bond donors (Lipinski definition) is 0. The van der Waals surface area contributed by atoms with E-state index in [1.165, 1.54) is 0 Å². The Balaban J connectivity index is 1.48. The number of ether oxygens (including phenoxy) is 1. The minimum atomic E-state index is -0.653.